The number of nitrogens with one attached hydrogen (secondary N) is 2. The minimum Gasteiger partial charge on any atom is -0.356 e. The van der Waals surface area contributed by atoms with Crippen molar-refractivity contribution in [3.05, 3.63) is 0 Å². The maximum absolute atomic E-state index is 10.9. The summed E-state index contributed by atoms with van der Waals surface area (Å²) in [6.45, 7) is 6.88. The van der Waals surface area contributed by atoms with Crippen LogP contribution in [0.3, 0.4) is 0 Å². The molecule has 0 saturated carbocycles. The Morgan fingerprint density at radius 2 is 2.00 bits per heavy atom. The van der Waals surface area contributed by atoms with Crippen LogP contribution in [0.25, 0.3) is 0 Å². The van der Waals surface area contributed by atoms with E-state index in [1.165, 1.54) is 0 Å². The number of carbonyl (C=O) groups excluding carboxylic acids is 1. The van der Waals surface area contributed by atoms with Gasteiger partial charge in [0, 0.05) is 13.0 Å². The maximum Gasteiger partial charge on any atom is 0.219 e. The molecule has 3 nitrogen and oxygen atoms in total. The van der Waals surface area contributed by atoms with Crippen molar-refractivity contribution in [2.75, 3.05) is 19.6 Å². The Labute approximate surface area is 74.9 Å². The van der Waals surface area contributed by atoms with E-state index in [1.54, 1.807) is 0 Å². The second kappa shape index (κ2) is 8.53. The van der Waals surface area contributed by atoms with Crippen LogP contribution in [0, 0.1) is 0 Å². The molecule has 0 aromatic rings. The number of hydrogen-bond donors (Lipinski definition) is 2. The Hall–Kier alpha value is -0.570. The van der Waals surface area contributed by atoms with Gasteiger partial charge >= 0.3 is 0 Å². The molecule has 72 valence electrons. The zero-order valence-electron chi connectivity index (χ0n) is 8.15. The number of amides is 1. The Balaban J connectivity index is 3.03. The van der Waals surface area contributed by atoms with Crippen LogP contribution in [-0.4, -0.2) is 25.5 Å². The fraction of sp³-hybridized carbons (Fsp3) is 0.889. The van der Waals surface area contributed by atoms with E-state index in [1.807, 2.05) is 6.92 Å². The minimum atomic E-state index is 0.175. The molecule has 0 rings (SSSR count). The van der Waals surface area contributed by atoms with E-state index in [4.69, 9.17) is 0 Å². The highest BCUT2D eigenvalue weighted by atomic mass is 16.1. The topological polar surface area (TPSA) is 41.1 Å². The third-order valence-corrected chi connectivity index (χ3v) is 1.58. The Morgan fingerprint density at radius 1 is 1.25 bits per heavy atom. The largest absolute Gasteiger partial charge is 0.356 e. The molecule has 2 N–H and O–H groups in total. The first-order valence-corrected chi connectivity index (χ1v) is 4.78. The number of carbonyl (C=O) groups is 1. The van der Waals surface area contributed by atoms with Gasteiger partial charge in [0.05, 0.1) is 0 Å². The van der Waals surface area contributed by atoms with Crippen LogP contribution in [-0.2, 0) is 4.79 Å². The summed E-state index contributed by atoms with van der Waals surface area (Å²) in [6.07, 6.45) is 2.60. The molecule has 0 aromatic heterocycles. The summed E-state index contributed by atoms with van der Waals surface area (Å²) in [5, 5.41) is 6.07. The van der Waals surface area contributed by atoms with Gasteiger partial charge in [0.1, 0.15) is 0 Å². The molecule has 0 radical (unpaired) electrons. The van der Waals surface area contributed by atoms with Crippen molar-refractivity contribution in [3.8, 4) is 0 Å². The molecule has 0 aliphatic carbocycles. The standard InChI is InChI=1S/C9H20N2O/c1-3-6-9(12)11-8-5-7-10-4-2/h10H,3-8H2,1-2H3,(H,11,12). The predicted molar refractivity (Wildman–Crippen MR) is 51.1 cm³/mol. The van der Waals surface area contributed by atoms with Gasteiger partial charge in [-0.15, -0.1) is 0 Å². The van der Waals surface area contributed by atoms with Gasteiger partial charge in [0.2, 0.25) is 5.91 Å². The summed E-state index contributed by atoms with van der Waals surface area (Å²) < 4.78 is 0. The van der Waals surface area contributed by atoms with Gasteiger partial charge in [0.15, 0.2) is 0 Å². The molecule has 0 aliphatic heterocycles. The van der Waals surface area contributed by atoms with E-state index in [9.17, 15) is 4.79 Å². The van der Waals surface area contributed by atoms with Gasteiger partial charge in [-0.2, -0.15) is 0 Å². The molecule has 0 atom stereocenters. The van der Waals surface area contributed by atoms with E-state index in [0.717, 1.165) is 32.5 Å². The lowest BCUT2D eigenvalue weighted by atomic mass is 10.3. The summed E-state index contributed by atoms with van der Waals surface area (Å²) in [5.41, 5.74) is 0. The monoisotopic (exact) mass is 172 g/mol. The van der Waals surface area contributed by atoms with Gasteiger partial charge in [-0.1, -0.05) is 13.8 Å². The Bertz CT molecular complexity index is 115. The number of hydrogen-bond acceptors (Lipinski definition) is 2. The lowest BCUT2D eigenvalue weighted by Gasteiger charge is -2.03. The van der Waals surface area contributed by atoms with Crippen molar-refractivity contribution in [1.29, 1.82) is 0 Å². The maximum atomic E-state index is 10.9. The molecule has 3 heteroatoms. The second-order valence-electron chi connectivity index (χ2n) is 2.81. The van der Waals surface area contributed by atoms with Crippen LogP contribution >= 0.6 is 0 Å². The van der Waals surface area contributed by atoms with Crippen molar-refractivity contribution >= 4 is 5.91 Å². The van der Waals surface area contributed by atoms with Crippen LogP contribution < -0.4 is 10.6 Å². The van der Waals surface area contributed by atoms with Crippen LogP contribution in [0.4, 0.5) is 0 Å². The van der Waals surface area contributed by atoms with Gasteiger partial charge in [0.25, 0.3) is 0 Å². The fourth-order valence-electron chi connectivity index (χ4n) is 0.933. The predicted octanol–water partition coefficient (Wildman–Crippen LogP) is 0.902. The van der Waals surface area contributed by atoms with Crippen molar-refractivity contribution in [2.24, 2.45) is 0 Å². The molecule has 0 saturated heterocycles. The van der Waals surface area contributed by atoms with Crippen molar-refractivity contribution in [1.82, 2.24) is 10.6 Å². The molecule has 0 fully saturated rings. The van der Waals surface area contributed by atoms with E-state index in [-0.39, 0.29) is 5.91 Å². The third-order valence-electron chi connectivity index (χ3n) is 1.58. The molecule has 0 unspecified atom stereocenters. The van der Waals surface area contributed by atoms with Crippen LogP contribution in [0.15, 0.2) is 0 Å². The average molecular weight is 172 g/mol. The van der Waals surface area contributed by atoms with E-state index in [0.29, 0.717) is 6.42 Å². The van der Waals surface area contributed by atoms with E-state index < -0.39 is 0 Å². The normalized spacial score (nSPS) is 9.83. The first-order chi connectivity index (χ1) is 5.81. The Kier molecular flexibility index (Phi) is 8.12. The minimum absolute atomic E-state index is 0.175. The summed E-state index contributed by atoms with van der Waals surface area (Å²) in [6, 6.07) is 0. The quantitative estimate of drug-likeness (QED) is 0.560. The SMILES string of the molecule is CCCC(=O)NCCCNCC. The first-order valence-electron chi connectivity index (χ1n) is 4.78. The highest BCUT2D eigenvalue weighted by Crippen LogP contribution is 1.85. The Morgan fingerprint density at radius 3 is 2.58 bits per heavy atom. The summed E-state index contributed by atoms with van der Waals surface area (Å²) in [7, 11) is 0. The molecule has 0 heterocycles. The number of rotatable bonds is 7. The molecule has 0 aliphatic rings. The highest BCUT2D eigenvalue weighted by Gasteiger charge is 1.96. The van der Waals surface area contributed by atoms with Crippen molar-refractivity contribution < 1.29 is 4.79 Å². The third kappa shape index (κ3) is 7.54. The van der Waals surface area contributed by atoms with Crippen LogP contribution in [0.5, 0.6) is 0 Å². The highest BCUT2D eigenvalue weighted by molar-refractivity contribution is 5.75. The zero-order valence-corrected chi connectivity index (χ0v) is 8.15. The van der Waals surface area contributed by atoms with Gasteiger partial charge in [-0.3, -0.25) is 4.79 Å². The smallest absolute Gasteiger partial charge is 0.219 e. The van der Waals surface area contributed by atoms with Crippen LogP contribution in [0.2, 0.25) is 0 Å². The first kappa shape index (κ1) is 11.4. The molecule has 0 bridgehead atoms. The summed E-state index contributed by atoms with van der Waals surface area (Å²) in [5.74, 6) is 0.175. The molecule has 0 spiro atoms. The lowest BCUT2D eigenvalue weighted by Crippen LogP contribution is -2.26. The summed E-state index contributed by atoms with van der Waals surface area (Å²) in [4.78, 5) is 10.9. The van der Waals surface area contributed by atoms with Crippen molar-refractivity contribution in [2.45, 2.75) is 33.1 Å². The zero-order chi connectivity index (χ0) is 9.23. The molecule has 12 heavy (non-hydrogen) atoms. The van der Waals surface area contributed by atoms with Gasteiger partial charge in [-0.25, -0.2) is 0 Å². The van der Waals surface area contributed by atoms with Crippen LogP contribution in [0.1, 0.15) is 33.1 Å². The second-order valence-corrected chi connectivity index (χ2v) is 2.81. The molecular formula is C9H20N2O. The molecular weight excluding hydrogens is 152 g/mol. The van der Waals surface area contributed by atoms with Crippen molar-refractivity contribution in [3.63, 3.8) is 0 Å². The molecule has 0 aromatic carbocycles. The van der Waals surface area contributed by atoms with E-state index >= 15 is 0 Å². The summed E-state index contributed by atoms with van der Waals surface area (Å²) >= 11 is 0. The van der Waals surface area contributed by atoms with E-state index in [2.05, 4.69) is 17.6 Å². The average Bonchev–Trinajstić information content (AvgIpc) is 2.05. The fourth-order valence-corrected chi connectivity index (χ4v) is 0.933. The molecule has 1 amide bonds. The lowest BCUT2D eigenvalue weighted by molar-refractivity contribution is -0.121. The van der Waals surface area contributed by atoms with Gasteiger partial charge in [-0.05, 0) is 25.9 Å². The van der Waals surface area contributed by atoms with Gasteiger partial charge < -0.3 is 10.6 Å².